The Hall–Kier alpha value is -1.35. The number of benzene rings is 1. The molecule has 1 fully saturated rings. The molecule has 3 rings (SSSR count). The zero-order chi connectivity index (χ0) is 12.2. The van der Waals surface area contributed by atoms with Crippen LogP contribution in [0.1, 0.15) is 29.4 Å². The van der Waals surface area contributed by atoms with Crippen molar-refractivity contribution in [1.82, 2.24) is 0 Å². The van der Waals surface area contributed by atoms with Gasteiger partial charge in [-0.2, -0.15) is 0 Å². The van der Waals surface area contributed by atoms with Crippen LogP contribution < -0.4 is 10.2 Å². The van der Waals surface area contributed by atoms with Gasteiger partial charge in [-0.05, 0) is 23.5 Å². The van der Waals surface area contributed by atoms with E-state index >= 15 is 0 Å². The van der Waals surface area contributed by atoms with E-state index in [-0.39, 0.29) is 22.4 Å². The average molecular weight is 289 g/mol. The first-order valence-corrected chi connectivity index (χ1v) is 5.62. The van der Waals surface area contributed by atoms with E-state index in [2.05, 4.69) is 0 Å². The molecule has 0 N–H and O–H groups in total. The van der Waals surface area contributed by atoms with Crippen molar-refractivity contribution in [3.63, 3.8) is 0 Å². The quantitative estimate of drug-likeness (QED) is 0.654. The molecule has 4 unspecified atom stereocenters. The predicted octanol–water partition coefficient (Wildman–Crippen LogP) is -0.999. The molecule has 0 saturated heterocycles. The van der Waals surface area contributed by atoms with E-state index in [1.54, 1.807) is 6.07 Å². The Kier molecular flexibility index (Phi) is 3.20. The summed E-state index contributed by atoms with van der Waals surface area (Å²) in [4.78, 5) is 22.2. The van der Waals surface area contributed by atoms with Gasteiger partial charge in [-0.25, -0.2) is 0 Å². The van der Waals surface area contributed by atoms with Gasteiger partial charge in [0.1, 0.15) is 0 Å². The molecule has 0 heterocycles. The summed E-state index contributed by atoms with van der Waals surface area (Å²) >= 11 is 0. The van der Waals surface area contributed by atoms with Crippen molar-refractivity contribution in [2.45, 2.75) is 18.3 Å². The van der Waals surface area contributed by atoms with Crippen LogP contribution >= 0.6 is 0 Å². The number of aliphatic carboxylic acids is 2. The maximum Gasteiger partial charge on any atom is 2.00 e. The fraction of sp³-hybridized carbons (Fsp3) is 0.385. The Morgan fingerprint density at radius 2 is 1.67 bits per heavy atom. The SMILES string of the molecule is O=C([O-])C1CC2c3ccccc3C1C2C(=O)[O-].[Ni+2]. The molecule has 0 radical (unpaired) electrons. The first-order valence-electron chi connectivity index (χ1n) is 5.62. The standard InChI is InChI=1S/C13H12O4.Ni/c14-12(15)9-5-8-6-3-1-2-4-7(6)10(9)11(8)13(16)17;/h1-4,8-11H,5H2,(H,14,15)(H,16,17);/q;+2/p-2. The third-order valence-corrected chi connectivity index (χ3v) is 4.09. The second-order valence-corrected chi connectivity index (χ2v) is 4.77. The molecular weight excluding hydrogens is 279 g/mol. The molecule has 2 bridgehead atoms. The van der Waals surface area contributed by atoms with Crippen molar-refractivity contribution in [2.24, 2.45) is 11.8 Å². The molecule has 1 saturated carbocycles. The largest absolute Gasteiger partial charge is 2.00 e. The summed E-state index contributed by atoms with van der Waals surface area (Å²) in [5.74, 6) is -4.43. The Balaban J connectivity index is 0.00000120. The van der Waals surface area contributed by atoms with Crippen molar-refractivity contribution in [3.05, 3.63) is 35.4 Å². The van der Waals surface area contributed by atoms with Crippen molar-refractivity contribution in [2.75, 3.05) is 0 Å². The van der Waals surface area contributed by atoms with Crippen LogP contribution in [0.3, 0.4) is 0 Å². The van der Waals surface area contributed by atoms with Crippen LogP contribution in [0.15, 0.2) is 24.3 Å². The van der Waals surface area contributed by atoms with E-state index in [1.165, 1.54) is 0 Å². The second kappa shape index (κ2) is 4.40. The molecule has 0 aliphatic heterocycles. The van der Waals surface area contributed by atoms with Crippen LogP contribution in [0, 0.1) is 11.8 Å². The van der Waals surface area contributed by atoms with Gasteiger partial charge < -0.3 is 19.8 Å². The number of carboxylic acid groups (broad SMARTS) is 2. The number of hydrogen-bond acceptors (Lipinski definition) is 4. The molecule has 2 aliphatic carbocycles. The second-order valence-electron chi connectivity index (χ2n) is 4.77. The Bertz CT molecular complexity index is 513. The van der Waals surface area contributed by atoms with E-state index in [4.69, 9.17) is 0 Å². The average Bonchev–Trinajstić information content (AvgIpc) is 2.82. The summed E-state index contributed by atoms with van der Waals surface area (Å²) in [6.07, 6.45) is 0.350. The molecule has 18 heavy (non-hydrogen) atoms. The number of carboxylic acids is 2. The van der Waals surface area contributed by atoms with Crippen LogP contribution in [0.5, 0.6) is 0 Å². The molecule has 0 amide bonds. The molecule has 4 atom stereocenters. The normalized spacial score (nSPS) is 31.6. The third-order valence-electron chi connectivity index (χ3n) is 4.09. The van der Waals surface area contributed by atoms with Crippen LogP contribution in [0.25, 0.3) is 0 Å². The predicted molar refractivity (Wildman–Crippen MR) is 53.5 cm³/mol. The number of rotatable bonds is 2. The monoisotopic (exact) mass is 288 g/mol. The van der Waals surface area contributed by atoms with Gasteiger partial charge in [-0.15, -0.1) is 0 Å². The molecule has 96 valence electrons. The van der Waals surface area contributed by atoms with Gasteiger partial charge in [0, 0.05) is 29.7 Å². The Morgan fingerprint density at radius 1 is 1.06 bits per heavy atom. The van der Waals surface area contributed by atoms with Gasteiger partial charge in [0.15, 0.2) is 0 Å². The maximum absolute atomic E-state index is 11.2. The zero-order valence-corrected chi connectivity index (χ0v) is 10.3. The van der Waals surface area contributed by atoms with Gasteiger partial charge in [0.05, 0.1) is 0 Å². The third kappa shape index (κ3) is 1.57. The van der Waals surface area contributed by atoms with Crippen molar-refractivity contribution in [1.29, 1.82) is 0 Å². The van der Waals surface area contributed by atoms with Gasteiger partial charge >= 0.3 is 16.5 Å². The maximum atomic E-state index is 11.2. The minimum Gasteiger partial charge on any atom is -0.550 e. The fourth-order valence-corrected chi connectivity index (χ4v) is 3.50. The fourth-order valence-electron chi connectivity index (χ4n) is 3.50. The van der Waals surface area contributed by atoms with E-state index in [0.717, 1.165) is 11.1 Å². The van der Waals surface area contributed by atoms with E-state index < -0.39 is 29.7 Å². The summed E-state index contributed by atoms with van der Waals surface area (Å²) in [6.45, 7) is 0. The first kappa shape index (κ1) is 13.1. The van der Waals surface area contributed by atoms with Gasteiger partial charge in [0.25, 0.3) is 0 Å². The van der Waals surface area contributed by atoms with Gasteiger partial charge in [0.2, 0.25) is 0 Å². The van der Waals surface area contributed by atoms with E-state index in [9.17, 15) is 19.8 Å². The Morgan fingerprint density at radius 3 is 2.22 bits per heavy atom. The summed E-state index contributed by atoms with van der Waals surface area (Å²) in [5, 5.41) is 22.2. The van der Waals surface area contributed by atoms with Crippen LogP contribution in [-0.2, 0) is 26.1 Å². The Labute approximate surface area is 114 Å². The molecule has 4 nitrogen and oxygen atoms in total. The van der Waals surface area contributed by atoms with Gasteiger partial charge in [-0.1, -0.05) is 24.3 Å². The smallest absolute Gasteiger partial charge is 0.550 e. The van der Waals surface area contributed by atoms with E-state index in [0.29, 0.717) is 6.42 Å². The minimum absolute atomic E-state index is 0. The molecule has 0 aromatic heterocycles. The molecule has 1 aromatic rings. The van der Waals surface area contributed by atoms with Crippen molar-refractivity contribution in [3.8, 4) is 0 Å². The van der Waals surface area contributed by atoms with Gasteiger partial charge in [-0.3, -0.25) is 0 Å². The minimum atomic E-state index is -1.15. The topological polar surface area (TPSA) is 80.3 Å². The summed E-state index contributed by atoms with van der Waals surface area (Å²) in [7, 11) is 0. The van der Waals surface area contributed by atoms with Crippen molar-refractivity contribution < 1.29 is 36.3 Å². The molecule has 2 aliphatic rings. The molecule has 5 heteroatoms. The van der Waals surface area contributed by atoms with Crippen LogP contribution in [0.4, 0.5) is 0 Å². The summed E-state index contributed by atoms with van der Waals surface area (Å²) in [6, 6.07) is 7.34. The number of carbonyl (C=O) groups is 2. The van der Waals surface area contributed by atoms with E-state index in [1.807, 2.05) is 18.2 Å². The van der Waals surface area contributed by atoms with Crippen LogP contribution in [-0.4, -0.2) is 11.9 Å². The molecular formula is C13H10NiO4. The summed E-state index contributed by atoms with van der Waals surface area (Å²) < 4.78 is 0. The number of hydrogen-bond donors (Lipinski definition) is 0. The molecule has 0 spiro atoms. The molecule has 1 aromatic carbocycles. The number of fused-ring (bicyclic) bond motifs is 5. The zero-order valence-electron chi connectivity index (χ0n) is 9.28. The summed E-state index contributed by atoms with van der Waals surface area (Å²) in [5.41, 5.74) is 1.80. The first-order chi connectivity index (χ1) is 8.11. The van der Waals surface area contributed by atoms with Crippen molar-refractivity contribution >= 4 is 11.9 Å². The number of carbonyl (C=O) groups excluding carboxylic acids is 2. The van der Waals surface area contributed by atoms with Crippen LogP contribution in [0.2, 0.25) is 0 Å².